The number of hydrogen-bond donors (Lipinski definition) is 3. The number of aliphatic hydroxyl groups excluding tert-OH is 1. The van der Waals surface area contributed by atoms with Gasteiger partial charge in [-0.1, -0.05) is 317 Å². The van der Waals surface area contributed by atoms with E-state index < -0.39 is 97.5 Å². The predicted molar refractivity (Wildman–Crippen MR) is 363 cm³/mol. The van der Waals surface area contributed by atoms with Crippen molar-refractivity contribution in [2.75, 3.05) is 39.6 Å². The molecule has 90 heavy (non-hydrogen) atoms. The number of rotatable bonds is 71. The third kappa shape index (κ3) is 64.8. The third-order valence-electron chi connectivity index (χ3n) is 16.5. The highest BCUT2D eigenvalue weighted by Gasteiger charge is 2.30. The van der Waals surface area contributed by atoms with Crippen LogP contribution in [0.25, 0.3) is 0 Å². The maximum atomic E-state index is 13.0. The summed E-state index contributed by atoms with van der Waals surface area (Å²) >= 11 is 0. The lowest BCUT2D eigenvalue weighted by Crippen LogP contribution is -2.30. The Hall–Kier alpha value is -1.94. The Morgan fingerprint density at radius 3 is 0.756 bits per heavy atom. The molecule has 17 nitrogen and oxygen atoms in total. The van der Waals surface area contributed by atoms with E-state index in [1.54, 1.807) is 0 Å². The summed E-state index contributed by atoms with van der Waals surface area (Å²) < 4.78 is 68.3. The number of aliphatic hydroxyl groups is 1. The van der Waals surface area contributed by atoms with Crippen LogP contribution in [0.15, 0.2) is 0 Å². The van der Waals surface area contributed by atoms with Crippen molar-refractivity contribution in [3.63, 3.8) is 0 Å². The highest BCUT2D eigenvalue weighted by atomic mass is 31.2. The first kappa shape index (κ1) is 88.1. The lowest BCUT2D eigenvalue weighted by atomic mass is 10.0. The molecule has 0 bridgehead atoms. The molecule has 19 heteroatoms. The molecule has 0 amide bonds. The lowest BCUT2D eigenvalue weighted by molar-refractivity contribution is -0.161. The standard InChI is InChI=1S/C71H138O17P2/c1-6-9-12-15-18-21-24-27-29-32-34-39-44-49-54-68(73)81-60-66(87-71(76)57-52-47-41-36-33-30-28-25-22-19-16-13-10-7-2)62-85-89(77,78)83-58-65(72)59-84-90(79,80)86-63-67(61-82-69(74)55-50-45-42-37-38-43-48-53-64(4)5)88-70(75)56-51-46-40-35-31-26-23-20-17-14-11-8-3/h64-67,72H,6-63H2,1-5H3,(H,77,78)(H,79,80)/t65-,66-,67-/m1/s1. The Labute approximate surface area is 549 Å². The second-order valence-electron chi connectivity index (χ2n) is 26.1. The first-order valence-corrected chi connectivity index (χ1v) is 40.1. The van der Waals surface area contributed by atoms with Crippen LogP contribution in [-0.4, -0.2) is 96.7 Å². The van der Waals surface area contributed by atoms with E-state index in [-0.39, 0.29) is 25.7 Å². The van der Waals surface area contributed by atoms with Crippen molar-refractivity contribution in [3.05, 3.63) is 0 Å². The van der Waals surface area contributed by atoms with Gasteiger partial charge in [0.2, 0.25) is 0 Å². The number of carbonyl (C=O) groups is 4. The van der Waals surface area contributed by atoms with Crippen LogP contribution in [0.4, 0.5) is 0 Å². The van der Waals surface area contributed by atoms with Crippen LogP contribution >= 0.6 is 15.6 Å². The van der Waals surface area contributed by atoms with Crippen LogP contribution in [0.5, 0.6) is 0 Å². The molecule has 0 aromatic carbocycles. The fourth-order valence-electron chi connectivity index (χ4n) is 10.8. The molecule has 0 saturated heterocycles. The molecule has 0 aliphatic heterocycles. The van der Waals surface area contributed by atoms with Crippen LogP contribution < -0.4 is 0 Å². The van der Waals surface area contributed by atoms with Gasteiger partial charge in [-0.3, -0.25) is 37.3 Å². The fourth-order valence-corrected chi connectivity index (χ4v) is 12.4. The van der Waals surface area contributed by atoms with E-state index in [2.05, 4.69) is 34.6 Å². The number of ether oxygens (including phenoxy) is 4. The van der Waals surface area contributed by atoms with E-state index in [0.29, 0.717) is 31.6 Å². The molecule has 0 aliphatic rings. The molecule has 0 fully saturated rings. The lowest BCUT2D eigenvalue weighted by Gasteiger charge is -2.21. The van der Waals surface area contributed by atoms with Crippen LogP contribution in [0.1, 0.15) is 369 Å². The van der Waals surface area contributed by atoms with Crippen molar-refractivity contribution in [3.8, 4) is 0 Å². The summed E-state index contributed by atoms with van der Waals surface area (Å²) in [4.78, 5) is 72.6. The molecule has 5 atom stereocenters. The predicted octanol–water partition coefficient (Wildman–Crippen LogP) is 20.5. The Bertz CT molecular complexity index is 1740. The van der Waals surface area contributed by atoms with Crippen LogP contribution in [0.3, 0.4) is 0 Å². The second-order valence-corrected chi connectivity index (χ2v) is 29.0. The van der Waals surface area contributed by atoms with Crippen LogP contribution in [0.2, 0.25) is 0 Å². The molecule has 0 aromatic heterocycles. The van der Waals surface area contributed by atoms with Crippen molar-refractivity contribution < 1.29 is 80.2 Å². The average molecular weight is 1330 g/mol. The molecule has 0 radical (unpaired) electrons. The monoisotopic (exact) mass is 1320 g/mol. The first-order valence-electron chi connectivity index (χ1n) is 37.1. The first-order chi connectivity index (χ1) is 43.5. The van der Waals surface area contributed by atoms with Crippen molar-refractivity contribution >= 4 is 39.5 Å². The molecule has 0 rings (SSSR count). The largest absolute Gasteiger partial charge is 0.472 e. The number of unbranched alkanes of at least 4 members (excludes halogenated alkanes) is 43. The minimum Gasteiger partial charge on any atom is -0.462 e. The second kappa shape index (κ2) is 64.4. The molecule has 0 aromatic rings. The molecule has 3 N–H and O–H groups in total. The molecular formula is C71H138O17P2. The summed E-state index contributed by atoms with van der Waals surface area (Å²) in [6.07, 6.45) is 51.2. The Morgan fingerprint density at radius 2 is 0.511 bits per heavy atom. The van der Waals surface area contributed by atoms with Gasteiger partial charge in [-0.15, -0.1) is 0 Å². The van der Waals surface area contributed by atoms with Gasteiger partial charge in [-0.05, 0) is 31.6 Å². The van der Waals surface area contributed by atoms with Crippen LogP contribution in [-0.2, 0) is 65.4 Å². The zero-order valence-electron chi connectivity index (χ0n) is 58.3. The number of esters is 4. The quantitative estimate of drug-likeness (QED) is 0.0222. The SMILES string of the molecule is CCCCCCCCCCCCCCCCC(=O)OC[C@H](COP(=O)(O)OC[C@@H](O)COP(=O)(O)OC[C@@H](COC(=O)CCCCCCCCCC(C)C)OC(=O)CCCCCCCCCCCCCC)OC(=O)CCCCCCCCCCCCCCCC. The van der Waals surface area contributed by atoms with Crippen molar-refractivity contribution in [2.45, 2.75) is 387 Å². The maximum absolute atomic E-state index is 13.0. The Kier molecular flexibility index (Phi) is 63.0. The molecular weight excluding hydrogens is 1190 g/mol. The van der Waals surface area contributed by atoms with Crippen molar-refractivity contribution in [1.82, 2.24) is 0 Å². The topological polar surface area (TPSA) is 237 Å². The number of phosphoric acid groups is 2. The summed E-state index contributed by atoms with van der Waals surface area (Å²) in [5, 5.41) is 10.6. The molecule has 2 unspecified atom stereocenters. The number of phosphoric ester groups is 2. The van der Waals surface area contributed by atoms with Crippen molar-refractivity contribution in [2.24, 2.45) is 5.92 Å². The Balaban J connectivity index is 5.25. The minimum atomic E-state index is -4.95. The summed E-state index contributed by atoms with van der Waals surface area (Å²) in [6.45, 7) is 7.21. The van der Waals surface area contributed by atoms with E-state index in [0.717, 1.165) is 96.3 Å². The molecule has 0 saturated carbocycles. The number of hydrogen-bond acceptors (Lipinski definition) is 15. The van der Waals surface area contributed by atoms with E-state index in [1.165, 1.54) is 186 Å². The molecule has 0 heterocycles. The normalized spacial score (nSPS) is 14.1. The van der Waals surface area contributed by atoms with Gasteiger partial charge in [0.15, 0.2) is 12.2 Å². The zero-order valence-corrected chi connectivity index (χ0v) is 60.1. The molecule has 534 valence electrons. The van der Waals surface area contributed by atoms with Gasteiger partial charge < -0.3 is 33.8 Å². The highest BCUT2D eigenvalue weighted by Crippen LogP contribution is 2.45. The van der Waals surface area contributed by atoms with E-state index in [9.17, 15) is 43.2 Å². The van der Waals surface area contributed by atoms with E-state index in [4.69, 9.17) is 37.0 Å². The van der Waals surface area contributed by atoms with Gasteiger partial charge in [0.05, 0.1) is 26.4 Å². The van der Waals surface area contributed by atoms with Gasteiger partial charge in [0, 0.05) is 25.7 Å². The smallest absolute Gasteiger partial charge is 0.462 e. The van der Waals surface area contributed by atoms with E-state index in [1.807, 2.05) is 0 Å². The van der Waals surface area contributed by atoms with Gasteiger partial charge in [-0.2, -0.15) is 0 Å². The molecule has 0 aliphatic carbocycles. The summed E-state index contributed by atoms with van der Waals surface area (Å²) in [6, 6.07) is 0. The Morgan fingerprint density at radius 1 is 0.300 bits per heavy atom. The van der Waals surface area contributed by atoms with Crippen molar-refractivity contribution in [1.29, 1.82) is 0 Å². The van der Waals surface area contributed by atoms with Gasteiger partial charge in [-0.25, -0.2) is 9.13 Å². The van der Waals surface area contributed by atoms with Crippen LogP contribution in [0, 0.1) is 5.92 Å². The highest BCUT2D eigenvalue weighted by molar-refractivity contribution is 7.47. The fraction of sp³-hybridized carbons (Fsp3) is 0.944. The third-order valence-corrected chi connectivity index (χ3v) is 18.4. The zero-order chi connectivity index (χ0) is 66.3. The van der Waals surface area contributed by atoms with Gasteiger partial charge in [0.1, 0.15) is 19.3 Å². The number of carbonyl (C=O) groups excluding carboxylic acids is 4. The van der Waals surface area contributed by atoms with Gasteiger partial charge >= 0.3 is 39.5 Å². The van der Waals surface area contributed by atoms with E-state index >= 15 is 0 Å². The summed E-state index contributed by atoms with van der Waals surface area (Å²) in [7, 11) is -9.90. The maximum Gasteiger partial charge on any atom is 0.472 e. The average Bonchev–Trinajstić information content (AvgIpc) is 2.53. The minimum absolute atomic E-state index is 0.107. The molecule has 0 spiro atoms. The summed E-state index contributed by atoms with van der Waals surface area (Å²) in [5.74, 6) is -1.41. The van der Waals surface area contributed by atoms with Gasteiger partial charge in [0.25, 0.3) is 0 Å². The summed E-state index contributed by atoms with van der Waals surface area (Å²) in [5.41, 5.74) is 0.